The first-order valence-electron chi connectivity index (χ1n) is 5.49. The predicted molar refractivity (Wildman–Crippen MR) is 71.6 cm³/mol. The van der Waals surface area contributed by atoms with E-state index in [0.717, 1.165) is 12.1 Å². The fourth-order valence-electron chi connectivity index (χ4n) is 1.77. The number of aliphatic hydroxyl groups excluding tert-OH is 1. The number of halogens is 4. The molecule has 100 valence electrons. The van der Waals surface area contributed by atoms with Crippen molar-refractivity contribution in [3.05, 3.63) is 68.7 Å². The van der Waals surface area contributed by atoms with Crippen LogP contribution in [0.5, 0.6) is 0 Å². The van der Waals surface area contributed by atoms with Crippen molar-refractivity contribution < 1.29 is 13.9 Å². The van der Waals surface area contributed by atoms with Crippen LogP contribution in [-0.2, 0) is 0 Å². The topological polar surface area (TPSA) is 20.2 Å². The zero-order chi connectivity index (χ0) is 14.2. The molecule has 2 rings (SSSR count). The molecule has 0 aromatic heterocycles. The van der Waals surface area contributed by atoms with Gasteiger partial charge >= 0.3 is 0 Å². The van der Waals surface area contributed by atoms with Gasteiger partial charge in [-0.1, -0.05) is 35.3 Å². The van der Waals surface area contributed by atoms with Crippen molar-refractivity contribution in [2.75, 3.05) is 0 Å². The Bertz CT molecular complexity index is 629. The summed E-state index contributed by atoms with van der Waals surface area (Å²) in [5.41, 5.74) is 0.231. The number of hydrogen-bond acceptors (Lipinski definition) is 1. The SMILES string of the molecule is Cc1cc(F)c(C(O)c2cccc(Cl)c2Cl)cc1F. The van der Waals surface area contributed by atoms with Crippen molar-refractivity contribution in [2.24, 2.45) is 0 Å². The normalized spacial score (nSPS) is 12.5. The smallest absolute Gasteiger partial charge is 0.129 e. The summed E-state index contributed by atoms with van der Waals surface area (Å²) in [7, 11) is 0. The Labute approximate surface area is 119 Å². The molecule has 0 aliphatic rings. The minimum absolute atomic E-state index is 0.122. The van der Waals surface area contributed by atoms with Gasteiger partial charge in [0.15, 0.2) is 0 Å². The van der Waals surface area contributed by atoms with Gasteiger partial charge in [0.1, 0.15) is 17.7 Å². The van der Waals surface area contributed by atoms with E-state index in [4.69, 9.17) is 23.2 Å². The molecule has 2 aromatic rings. The van der Waals surface area contributed by atoms with Crippen molar-refractivity contribution in [1.29, 1.82) is 0 Å². The van der Waals surface area contributed by atoms with Gasteiger partial charge in [0.05, 0.1) is 10.0 Å². The molecule has 0 amide bonds. The number of hydrogen-bond donors (Lipinski definition) is 1. The highest BCUT2D eigenvalue weighted by molar-refractivity contribution is 6.42. The lowest BCUT2D eigenvalue weighted by Crippen LogP contribution is -2.05. The average molecular weight is 303 g/mol. The van der Waals surface area contributed by atoms with Gasteiger partial charge in [0.25, 0.3) is 0 Å². The second kappa shape index (κ2) is 5.45. The zero-order valence-electron chi connectivity index (χ0n) is 9.92. The summed E-state index contributed by atoms with van der Waals surface area (Å²) < 4.78 is 27.3. The summed E-state index contributed by atoms with van der Waals surface area (Å²) in [5, 5.41) is 10.5. The molecule has 0 radical (unpaired) electrons. The monoisotopic (exact) mass is 302 g/mol. The van der Waals surface area contributed by atoms with E-state index in [2.05, 4.69) is 0 Å². The van der Waals surface area contributed by atoms with Crippen LogP contribution in [0.4, 0.5) is 8.78 Å². The Morgan fingerprint density at radius 2 is 1.74 bits per heavy atom. The van der Waals surface area contributed by atoms with E-state index in [-0.39, 0.29) is 26.7 Å². The van der Waals surface area contributed by atoms with Gasteiger partial charge in [-0.3, -0.25) is 0 Å². The number of rotatable bonds is 2. The van der Waals surface area contributed by atoms with Crippen LogP contribution in [0.15, 0.2) is 30.3 Å². The summed E-state index contributed by atoms with van der Waals surface area (Å²) in [5.74, 6) is -1.28. The largest absolute Gasteiger partial charge is 0.383 e. The maximum Gasteiger partial charge on any atom is 0.129 e. The Morgan fingerprint density at radius 3 is 2.42 bits per heavy atom. The Balaban J connectivity index is 2.53. The fourth-order valence-corrected chi connectivity index (χ4v) is 2.18. The lowest BCUT2D eigenvalue weighted by atomic mass is 9.99. The Kier molecular flexibility index (Phi) is 4.09. The van der Waals surface area contributed by atoms with E-state index in [1.807, 2.05) is 0 Å². The second-order valence-electron chi connectivity index (χ2n) is 4.17. The van der Waals surface area contributed by atoms with Gasteiger partial charge in [-0.05, 0) is 30.7 Å². The first-order valence-corrected chi connectivity index (χ1v) is 6.25. The number of benzene rings is 2. The highest BCUT2D eigenvalue weighted by atomic mass is 35.5. The molecular formula is C14H10Cl2F2O. The molecular weight excluding hydrogens is 293 g/mol. The van der Waals surface area contributed by atoms with E-state index >= 15 is 0 Å². The molecule has 0 saturated heterocycles. The summed E-state index contributed by atoms with van der Waals surface area (Å²) in [6, 6.07) is 6.64. The quantitative estimate of drug-likeness (QED) is 0.855. The van der Waals surface area contributed by atoms with Gasteiger partial charge in [-0.25, -0.2) is 8.78 Å². The molecule has 1 atom stereocenters. The number of aliphatic hydroxyl groups is 1. The van der Waals surface area contributed by atoms with Crippen LogP contribution in [0, 0.1) is 18.6 Å². The molecule has 5 heteroatoms. The van der Waals surface area contributed by atoms with Crippen molar-refractivity contribution in [1.82, 2.24) is 0 Å². The highest BCUT2D eigenvalue weighted by Gasteiger charge is 2.20. The van der Waals surface area contributed by atoms with Crippen molar-refractivity contribution in [3.63, 3.8) is 0 Å². The van der Waals surface area contributed by atoms with Crippen molar-refractivity contribution >= 4 is 23.2 Å². The van der Waals surface area contributed by atoms with Gasteiger partial charge in [-0.15, -0.1) is 0 Å². The third-order valence-electron chi connectivity index (χ3n) is 2.85. The maximum atomic E-state index is 13.8. The van der Waals surface area contributed by atoms with Crippen LogP contribution >= 0.6 is 23.2 Å². The van der Waals surface area contributed by atoms with Gasteiger partial charge < -0.3 is 5.11 Å². The van der Waals surface area contributed by atoms with E-state index in [0.29, 0.717) is 0 Å². The molecule has 0 aliphatic heterocycles. The van der Waals surface area contributed by atoms with Crippen LogP contribution < -0.4 is 0 Å². The zero-order valence-corrected chi connectivity index (χ0v) is 11.4. The third kappa shape index (κ3) is 2.73. The van der Waals surface area contributed by atoms with Gasteiger partial charge in [-0.2, -0.15) is 0 Å². The van der Waals surface area contributed by atoms with Crippen LogP contribution in [0.3, 0.4) is 0 Å². The van der Waals surface area contributed by atoms with Crippen LogP contribution in [0.2, 0.25) is 10.0 Å². The summed E-state index contributed by atoms with van der Waals surface area (Å²) in [6.45, 7) is 1.45. The predicted octanol–water partition coefficient (Wildman–Crippen LogP) is 4.66. The second-order valence-corrected chi connectivity index (χ2v) is 4.95. The minimum atomic E-state index is -1.37. The minimum Gasteiger partial charge on any atom is -0.383 e. The fraction of sp³-hybridized carbons (Fsp3) is 0.143. The molecule has 0 fully saturated rings. The molecule has 0 spiro atoms. The van der Waals surface area contributed by atoms with E-state index in [1.165, 1.54) is 13.0 Å². The molecule has 1 unspecified atom stereocenters. The lowest BCUT2D eigenvalue weighted by Gasteiger charge is -2.15. The third-order valence-corrected chi connectivity index (χ3v) is 3.68. The van der Waals surface area contributed by atoms with E-state index < -0.39 is 17.7 Å². The molecule has 2 aromatic carbocycles. The molecule has 0 heterocycles. The van der Waals surface area contributed by atoms with Gasteiger partial charge in [0.2, 0.25) is 0 Å². The maximum absolute atomic E-state index is 13.8. The van der Waals surface area contributed by atoms with Crippen LogP contribution in [0.25, 0.3) is 0 Å². The highest BCUT2D eigenvalue weighted by Crippen LogP contribution is 2.34. The van der Waals surface area contributed by atoms with Gasteiger partial charge in [0, 0.05) is 11.1 Å². The summed E-state index contributed by atoms with van der Waals surface area (Å²) >= 11 is 11.8. The summed E-state index contributed by atoms with van der Waals surface area (Å²) in [4.78, 5) is 0. The lowest BCUT2D eigenvalue weighted by molar-refractivity contribution is 0.214. The molecule has 1 nitrogen and oxygen atoms in total. The summed E-state index contributed by atoms with van der Waals surface area (Å²) in [6.07, 6.45) is -1.37. The van der Waals surface area contributed by atoms with Crippen molar-refractivity contribution in [2.45, 2.75) is 13.0 Å². The Morgan fingerprint density at radius 1 is 1.05 bits per heavy atom. The molecule has 19 heavy (non-hydrogen) atoms. The number of aryl methyl sites for hydroxylation is 1. The standard InChI is InChI=1S/C14H10Cl2F2O/c1-7-5-12(18)9(6-11(7)17)14(19)8-3-2-4-10(15)13(8)16/h2-6,14,19H,1H3. The Hall–Kier alpha value is -1.16. The van der Waals surface area contributed by atoms with Crippen molar-refractivity contribution in [3.8, 4) is 0 Å². The molecule has 0 aliphatic carbocycles. The first-order chi connectivity index (χ1) is 8.91. The van der Waals surface area contributed by atoms with E-state index in [9.17, 15) is 13.9 Å². The van der Waals surface area contributed by atoms with Crippen LogP contribution in [0.1, 0.15) is 22.8 Å². The van der Waals surface area contributed by atoms with E-state index in [1.54, 1.807) is 12.1 Å². The molecule has 0 bridgehead atoms. The molecule has 0 saturated carbocycles. The first kappa shape index (κ1) is 14.3. The molecule has 1 N–H and O–H groups in total. The average Bonchev–Trinajstić information content (AvgIpc) is 2.36. The van der Waals surface area contributed by atoms with Crippen LogP contribution in [-0.4, -0.2) is 5.11 Å².